The van der Waals surface area contributed by atoms with Gasteiger partial charge in [0.15, 0.2) is 5.82 Å². The molecule has 0 saturated heterocycles. The molecule has 0 radical (unpaired) electrons. The lowest BCUT2D eigenvalue weighted by atomic mass is 10.00. The fourth-order valence-corrected chi connectivity index (χ4v) is 5.62. The first-order chi connectivity index (χ1) is 18.5. The van der Waals surface area contributed by atoms with E-state index in [0.29, 0.717) is 30.9 Å². The average molecular weight is 529 g/mol. The molecule has 9 heteroatoms. The monoisotopic (exact) mass is 528 g/mol. The number of pyridine rings is 1. The molecule has 0 bridgehead atoms. The maximum Gasteiger partial charge on any atom is 0.252 e. The zero-order valence-corrected chi connectivity index (χ0v) is 22.7. The van der Waals surface area contributed by atoms with Gasteiger partial charge in [-0.25, -0.2) is 4.68 Å². The number of hydrogen-bond donors (Lipinski definition) is 1. The Labute approximate surface area is 225 Å². The Hall–Kier alpha value is -3.82. The van der Waals surface area contributed by atoms with Crippen molar-refractivity contribution < 1.29 is 4.74 Å². The van der Waals surface area contributed by atoms with Crippen LogP contribution in [0.15, 0.2) is 76.9 Å². The summed E-state index contributed by atoms with van der Waals surface area (Å²) in [6, 6.07) is 22.2. The van der Waals surface area contributed by atoms with E-state index in [9.17, 15) is 4.79 Å². The average Bonchev–Trinajstić information content (AvgIpc) is 3.60. The van der Waals surface area contributed by atoms with Gasteiger partial charge in [-0.15, -0.1) is 16.4 Å². The van der Waals surface area contributed by atoms with Crippen LogP contribution >= 0.6 is 11.3 Å². The first kappa shape index (κ1) is 25.8. The van der Waals surface area contributed by atoms with Gasteiger partial charge >= 0.3 is 0 Å². The van der Waals surface area contributed by atoms with E-state index < -0.39 is 0 Å². The van der Waals surface area contributed by atoms with Crippen LogP contribution in [-0.2, 0) is 26.1 Å². The van der Waals surface area contributed by atoms with Crippen LogP contribution in [0.3, 0.4) is 0 Å². The molecule has 3 heterocycles. The van der Waals surface area contributed by atoms with Crippen LogP contribution in [0.25, 0.3) is 10.9 Å². The highest BCUT2D eigenvalue weighted by atomic mass is 32.1. The first-order valence-corrected chi connectivity index (χ1v) is 13.7. The highest BCUT2D eigenvalue weighted by Crippen LogP contribution is 2.31. The third-order valence-electron chi connectivity index (χ3n) is 6.75. The van der Waals surface area contributed by atoms with Crippen LogP contribution < -0.4 is 10.3 Å². The number of nitrogens with zero attached hydrogens (tertiary/aromatic N) is 5. The summed E-state index contributed by atoms with van der Waals surface area (Å²) in [6.45, 7) is 6.19. The molecule has 1 N–H and O–H groups in total. The fraction of sp³-hybridized carbons (Fsp3) is 0.310. The molecule has 5 aromatic rings. The zero-order valence-electron chi connectivity index (χ0n) is 21.9. The van der Waals surface area contributed by atoms with Gasteiger partial charge in [0.25, 0.3) is 5.56 Å². The van der Waals surface area contributed by atoms with E-state index in [1.807, 2.05) is 47.1 Å². The third-order valence-corrected chi connectivity index (χ3v) is 7.61. The van der Waals surface area contributed by atoms with Crippen LogP contribution in [0.2, 0.25) is 0 Å². The van der Waals surface area contributed by atoms with Crippen LogP contribution in [0.1, 0.15) is 41.7 Å². The van der Waals surface area contributed by atoms with Gasteiger partial charge < -0.3 is 9.72 Å². The smallest absolute Gasteiger partial charge is 0.252 e. The molecule has 0 unspecified atom stereocenters. The number of thiophene rings is 1. The summed E-state index contributed by atoms with van der Waals surface area (Å²) in [6.07, 6.45) is 0.836. The van der Waals surface area contributed by atoms with Gasteiger partial charge in [-0.05, 0) is 63.4 Å². The Morgan fingerprint density at radius 1 is 1.05 bits per heavy atom. The number of rotatable bonds is 11. The first-order valence-electron chi connectivity index (χ1n) is 12.8. The second-order valence-corrected chi connectivity index (χ2v) is 10.8. The Balaban J connectivity index is 1.48. The summed E-state index contributed by atoms with van der Waals surface area (Å²) in [5.74, 6) is 1.73. The van der Waals surface area contributed by atoms with Crippen molar-refractivity contribution in [3.63, 3.8) is 0 Å². The van der Waals surface area contributed by atoms with Crippen LogP contribution in [0.5, 0.6) is 5.75 Å². The molecule has 0 fully saturated rings. The van der Waals surface area contributed by atoms with E-state index in [-0.39, 0.29) is 17.5 Å². The molecule has 196 valence electrons. The lowest BCUT2D eigenvalue weighted by molar-refractivity contribution is 0.127. The van der Waals surface area contributed by atoms with E-state index in [0.717, 1.165) is 23.1 Å². The van der Waals surface area contributed by atoms with E-state index in [4.69, 9.17) is 4.74 Å². The molecule has 0 aliphatic rings. The number of aromatic amines is 1. The highest BCUT2D eigenvalue weighted by molar-refractivity contribution is 7.09. The number of methoxy groups -OCH3 is 1. The Morgan fingerprint density at radius 3 is 2.63 bits per heavy atom. The van der Waals surface area contributed by atoms with Gasteiger partial charge in [0, 0.05) is 36.1 Å². The summed E-state index contributed by atoms with van der Waals surface area (Å²) in [4.78, 5) is 19.8. The Kier molecular flexibility index (Phi) is 7.95. The predicted molar refractivity (Wildman–Crippen MR) is 150 cm³/mol. The number of nitrogens with one attached hydrogen (secondary N) is 1. The molecule has 3 aromatic heterocycles. The minimum absolute atomic E-state index is 0.0890. The van der Waals surface area contributed by atoms with Crippen molar-refractivity contribution >= 4 is 22.2 Å². The number of benzene rings is 2. The predicted octanol–water partition coefficient (Wildman–Crippen LogP) is 5.23. The van der Waals surface area contributed by atoms with Crippen molar-refractivity contribution in [2.24, 2.45) is 5.92 Å². The number of aryl methyl sites for hydroxylation is 2. The topological polar surface area (TPSA) is 88.9 Å². The molecular formula is C29H32N6O2S. The molecule has 0 amide bonds. The van der Waals surface area contributed by atoms with Gasteiger partial charge in [-0.3, -0.25) is 9.69 Å². The second kappa shape index (κ2) is 11.7. The normalized spacial score (nSPS) is 12.4. The molecule has 2 aromatic carbocycles. The number of H-pyrrole nitrogens is 1. The minimum atomic E-state index is -0.104. The number of hydrogen-bond acceptors (Lipinski definition) is 7. The number of fused-ring (bicyclic) bond motifs is 1. The summed E-state index contributed by atoms with van der Waals surface area (Å²) >= 11 is 1.71. The van der Waals surface area contributed by atoms with Gasteiger partial charge in [0.05, 0.1) is 18.7 Å². The Morgan fingerprint density at radius 2 is 1.89 bits per heavy atom. The van der Waals surface area contributed by atoms with Gasteiger partial charge in [-0.2, -0.15) is 0 Å². The summed E-state index contributed by atoms with van der Waals surface area (Å²) in [7, 11) is 1.62. The molecule has 0 spiro atoms. The van der Waals surface area contributed by atoms with E-state index in [2.05, 4.69) is 68.9 Å². The molecule has 1 atom stereocenters. The fourth-order valence-electron chi connectivity index (χ4n) is 4.89. The standard InChI is InChI=1S/C29H32N6O2S/c1-20(2)27(28-31-32-33-35(28)14-13-21-8-5-4-6-9-21)34(19-25-10-7-15-38-25)18-23-16-22-11-12-24(37-3)17-26(22)30-29(23)36/h4-12,15-17,20,27H,13-14,18-19H2,1-3H3,(H,30,36)/t27-/m0/s1. The maximum absolute atomic E-state index is 13.2. The third kappa shape index (κ3) is 5.84. The molecule has 5 rings (SSSR count). The van der Waals surface area contributed by atoms with Crippen molar-refractivity contribution in [2.75, 3.05) is 7.11 Å². The quantitative estimate of drug-likeness (QED) is 0.253. The van der Waals surface area contributed by atoms with Crippen LogP contribution in [0.4, 0.5) is 0 Å². The van der Waals surface area contributed by atoms with Crippen molar-refractivity contribution in [1.29, 1.82) is 0 Å². The molecule has 38 heavy (non-hydrogen) atoms. The lowest BCUT2D eigenvalue weighted by Gasteiger charge is -2.33. The summed E-state index contributed by atoms with van der Waals surface area (Å²) in [5, 5.41) is 15.9. The number of ether oxygens (including phenoxy) is 1. The van der Waals surface area contributed by atoms with Crippen LogP contribution in [0, 0.1) is 5.92 Å². The Bertz CT molecular complexity index is 1530. The van der Waals surface area contributed by atoms with Gasteiger partial charge in [0.1, 0.15) is 5.75 Å². The summed E-state index contributed by atoms with van der Waals surface area (Å²) < 4.78 is 7.24. The molecule has 0 aliphatic heterocycles. The minimum Gasteiger partial charge on any atom is -0.497 e. The van der Waals surface area contributed by atoms with Crippen LogP contribution in [-0.4, -0.2) is 37.2 Å². The van der Waals surface area contributed by atoms with Crippen molar-refractivity contribution in [2.45, 2.75) is 45.9 Å². The SMILES string of the molecule is COc1ccc2cc(CN(Cc3cccs3)[C@H](c3nnnn3CCc3ccccc3)C(C)C)c(=O)[nH]c2c1. The van der Waals surface area contributed by atoms with E-state index in [1.54, 1.807) is 18.4 Å². The van der Waals surface area contributed by atoms with Crippen molar-refractivity contribution in [1.82, 2.24) is 30.1 Å². The van der Waals surface area contributed by atoms with E-state index in [1.165, 1.54) is 10.4 Å². The lowest BCUT2D eigenvalue weighted by Crippen LogP contribution is -2.35. The zero-order chi connectivity index (χ0) is 26.5. The van der Waals surface area contributed by atoms with Crippen molar-refractivity contribution in [3.8, 4) is 5.75 Å². The number of aromatic nitrogens is 5. The van der Waals surface area contributed by atoms with E-state index >= 15 is 0 Å². The van der Waals surface area contributed by atoms with Crippen molar-refractivity contribution in [3.05, 3.63) is 104 Å². The maximum atomic E-state index is 13.2. The number of tetrazole rings is 1. The highest BCUT2D eigenvalue weighted by Gasteiger charge is 2.30. The van der Waals surface area contributed by atoms with Gasteiger partial charge in [0.2, 0.25) is 0 Å². The molecule has 8 nitrogen and oxygen atoms in total. The second-order valence-electron chi connectivity index (χ2n) is 9.75. The molecule has 0 saturated carbocycles. The largest absolute Gasteiger partial charge is 0.497 e. The molecule has 0 aliphatic carbocycles. The summed E-state index contributed by atoms with van der Waals surface area (Å²) in [5.41, 5.74) is 2.60. The van der Waals surface area contributed by atoms with Gasteiger partial charge in [-0.1, -0.05) is 50.2 Å². The molecular weight excluding hydrogens is 496 g/mol.